The lowest BCUT2D eigenvalue weighted by atomic mass is 10.0. The van der Waals surface area contributed by atoms with Gasteiger partial charge < -0.3 is 10.2 Å². The van der Waals surface area contributed by atoms with E-state index in [-0.39, 0.29) is 54.4 Å². The van der Waals surface area contributed by atoms with Crippen molar-refractivity contribution in [2.75, 3.05) is 26.2 Å². The predicted octanol–water partition coefficient (Wildman–Crippen LogP) is 3.57. The Kier molecular flexibility index (Phi) is 8.94. The summed E-state index contributed by atoms with van der Waals surface area (Å²) in [6.45, 7) is 3.01. The van der Waals surface area contributed by atoms with Crippen LogP contribution in [0.1, 0.15) is 57.7 Å². The number of hydrogen-bond acceptors (Lipinski definition) is 7. The zero-order valence-corrected chi connectivity index (χ0v) is 23.9. The van der Waals surface area contributed by atoms with E-state index in [0.29, 0.717) is 11.1 Å². The monoisotopic (exact) mass is 589 g/mol. The highest BCUT2D eigenvalue weighted by Gasteiger charge is 2.33. The molecule has 2 aliphatic rings. The van der Waals surface area contributed by atoms with E-state index < -0.39 is 20.9 Å². The molecule has 1 aromatic heterocycles. The van der Waals surface area contributed by atoms with Crippen molar-refractivity contribution in [3.05, 3.63) is 95.1 Å². The number of pyridine rings is 1. The number of sulfone groups is 1. The standard InChI is InChI=1S/C31H32FN5O4S/c32-25-6-8-27(9-7-25)42(40,41)28-13-17-37(18-14-28)31(39)29-10-5-24(20-34-29)30(38)35-26-11-15-36(16-12-26)21-23-3-1-22(19-33)2-4-23/h1-10,20,26,28H,11-18,21H2,(H,35,38). The molecule has 2 aromatic carbocycles. The molecule has 218 valence electrons. The molecule has 2 aliphatic heterocycles. The van der Waals surface area contributed by atoms with Gasteiger partial charge in [-0.25, -0.2) is 12.8 Å². The van der Waals surface area contributed by atoms with Crippen molar-refractivity contribution in [3.63, 3.8) is 0 Å². The molecule has 3 heterocycles. The quantitative estimate of drug-likeness (QED) is 0.418. The van der Waals surface area contributed by atoms with E-state index in [9.17, 15) is 22.4 Å². The fraction of sp³-hybridized carbons (Fsp3) is 0.355. The van der Waals surface area contributed by atoms with Gasteiger partial charge in [0.15, 0.2) is 9.84 Å². The Labute approximate surface area is 244 Å². The Balaban J connectivity index is 1.08. The molecule has 0 aliphatic carbocycles. The van der Waals surface area contributed by atoms with E-state index in [1.54, 1.807) is 11.0 Å². The highest BCUT2D eigenvalue weighted by Crippen LogP contribution is 2.25. The van der Waals surface area contributed by atoms with Crippen molar-refractivity contribution < 1.29 is 22.4 Å². The number of carbonyl (C=O) groups is 2. The number of aromatic nitrogens is 1. The van der Waals surface area contributed by atoms with Crippen molar-refractivity contribution in [1.82, 2.24) is 20.1 Å². The normalized spacial score (nSPS) is 17.0. The molecule has 3 aromatic rings. The van der Waals surface area contributed by atoms with Gasteiger partial charge in [-0.05, 0) is 79.8 Å². The van der Waals surface area contributed by atoms with Gasteiger partial charge in [-0.3, -0.25) is 19.5 Å². The number of nitriles is 1. The number of likely N-dealkylation sites (tertiary alicyclic amines) is 2. The molecule has 0 atom stereocenters. The average Bonchev–Trinajstić information content (AvgIpc) is 3.02. The summed E-state index contributed by atoms with van der Waals surface area (Å²) in [5.41, 5.74) is 2.36. The number of nitrogens with zero attached hydrogens (tertiary/aromatic N) is 4. The van der Waals surface area contributed by atoms with Gasteiger partial charge >= 0.3 is 0 Å². The summed E-state index contributed by atoms with van der Waals surface area (Å²) in [5, 5.41) is 11.4. The van der Waals surface area contributed by atoms with Crippen LogP contribution < -0.4 is 5.32 Å². The predicted molar refractivity (Wildman–Crippen MR) is 154 cm³/mol. The number of rotatable bonds is 7. The Morgan fingerprint density at radius 1 is 0.929 bits per heavy atom. The van der Waals surface area contributed by atoms with Crippen LogP contribution in [0.3, 0.4) is 0 Å². The smallest absolute Gasteiger partial charge is 0.272 e. The maximum Gasteiger partial charge on any atom is 0.272 e. The van der Waals surface area contributed by atoms with E-state index in [4.69, 9.17) is 5.26 Å². The molecule has 0 unspecified atom stereocenters. The molecular formula is C31H32FN5O4S. The Morgan fingerprint density at radius 2 is 1.60 bits per heavy atom. The summed E-state index contributed by atoms with van der Waals surface area (Å²) in [6, 6.07) is 17.7. The minimum absolute atomic E-state index is 0.0449. The third kappa shape index (κ3) is 6.83. The van der Waals surface area contributed by atoms with E-state index in [1.165, 1.54) is 24.4 Å². The lowest BCUT2D eigenvalue weighted by Crippen LogP contribution is -2.44. The first-order valence-corrected chi connectivity index (χ1v) is 15.5. The van der Waals surface area contributed by atoms with Crippen molar-refractivity contribution in [2.24, 2.45) is 0 Å². The van der Waals surface area contributed by atoms with Gasteiger partial charge in [-0.1, -0.05) is 12.1 Å². The van der Waals surface area contributed by atoms with Crippen LogP contribution in [0.5, 0.6) is 0 Å². The van der Waals surface area contributed by atoms with Crippen LogP contribution in [-0.2, 0) is 16.4 Å². The van der Waals surface area contributed by atoms with Crippen molar-refractivity contribution in [3.8, 4) is 6.07 Å². The number of carbonyl (C=O) groups excluding carboxylic acids is 2. The summed E-state index contributed by atoms with van der Waals surface area (Å²) in [5.74, 6) is -1.05. The molecule has 2 saturated heterocycles. The van der Waals surface area contributed by atoms with Gasteiger partial charge in [0.1, 0.15) is 11.5 Å². The summed E-state index contributed by atoms with van der Waals surface area (Å²) in [7, 11) is -3.62. The van der Waals surface area contributed by atoms with Crippen molar-refractivity contribution in [1.29, 1.82) is 5.26 Å². The number of benzene rings is 2. The van der Waals surface area contributed by atoms with Crippen LogP contribution in [-0.4, -0.2) is 72.5 Å². The molecule has 2 fully saturated rings. The second-order valence-corrected chi connectivity index (χ2v) is 13.0. The van der Waals surface area contributed by atoms with Crippen LogP contribution in [0, 0.1) is 17.1 Å². The minimum atomic E-state index is -3.62. The molecular weight excluding hydrogens is 557 g/mol. The number of piperidine rings is 2. The molecule has 0 radical (unpaired) electrons. The van der Waals surface area contributed by atoms with Crippen LogP contribution in [0.4, 0.5) is 4.39 Å². The third-order valence-electron chi connectivity index (χ3n) is 7.97. The summed E-state index contributed by atoms with van der Waals surface area (Å²) >= 11 is 0. The van der Waals surface area contributed by atoms with Crippen LogP contribution in [0.25, 0.3) is 0 Å². The SMILES string of the molecule is N#Cc1ccc(CN2CCC(NC(=O)c3ccc(C(=O)N4CCC(S(=O)(=O)c5ccc(F)cc5)CC4)nc3)CC2)cc1. The number of amides is 2. The van der Waals surface area contributed by atoms with E-state index >= 15 is 0 Å². The molecule has 11 heteroatoms. The van der Waals surface area contributed by atoms with Crippen molar-refractivity contribution in [2.45, 2.75) is 48.4 Å². The topological polar surface area (TPSA) is 123 Å². The number of hydrogen-bond donors (Lipinski definition) is 1. The van der Waals surface area contributed by atoms with Crippen LogP contribution in [0.15, 0.2) is 71.8 Å². The Morgan fingerprint density at radius 3 is 2.19 bits per heavy atom. The fourth-order valence-electron chi connectivity index (χ4n) is 5.45. The minimum Gasteiger partial charge on any atom is -0.349 e. The molecule has 5 rings (SSSR count). The summed E-state index contributed by atoms with van der Waals surface area (Å²) < 4.78 is 39.0. The highest BCUT2D eigenvalue weighted by atomic mass is 32.2. The average molecular weight is 590 g/mol. The van der Waals surface area contributed by atoms with Gasteiger partial charge in [0.25, 0.3) is 11.8 Å². The molecule has 1 N–H and O–H groups in total. The Bertz CT molecular complexity index is 1560. The van der Waals surface area contributed by atoms with Gasteiger partial charge in [-0.2, -0.15) is 5.26 Å². The molecule has 9 nitrogen and oxygen atoms in total. The second kappa shape index (κ2) is 12.8. The lowest BCUT2D eigenvalue weighted by Gasteiger charge is -2.32. The fourth-order valence-corrected chi connectivity index (χ4v) is 7.18. The van der Waals surface area contributed by atoms with Gasteiger partial charge in [0, 0.05) is 45.0 Å². The third-order valence-corrected chi connectivity index (χ3v) is 10.2. The zero-order valence-electron chi connectivity index (χ0n) is 23.1. The lowest BCUT2D eigenvalue weighted by molar-refractivity contribution is 0.0719. The first-order valence-electron chi connectivity index (χ1n) is 14.0. The van der Waals surface area contributed by atoms with E-state index in [2.05, 4.69) is 21.3 Å². The molecule has 2 amide bonds. The zero-order chi connectivity index (χ0) is 29.7. The first-order chi connectivity index (χ1) is 20.2. The second-order valence-electron chi connectivity index (χ2n) is 10.8. The van der Waals surface area contributed by atoms with Crippen LogP contribution in [0.2, 0.25) is 0 Å². The molecule has 0 saturated carbocycles. The molecule has 0 bridgehead atoms. The van der Waals surface area contributed by atoms with Crippen molar-refractivity contribution >= 4 is 21.7 Å². The molecule has 0 spiro atoms. The summed E-state index contributed by atoms with van der Waals surface area (Å²) in [6.07, 6.45) is 3.59. The summed E-state index contributed by atoms with van der Waals surface area (Å²) in [4.78, 5) is 34.0. The maximum atomic E-state index is 13.2. The van der Waals surface area contributed by atoms with Gasteiger partial charge in [-0.15, -0.1) is 0 Å². The van der Waals surface area contributed by atoms with E-state index in [1.807, 2.05) is 24.3 Å². The van der Waals surface area contributed by atoms with Gasteiger partial charge in [0.2, 0.25) is 0 Å². The largest absolute Gasteiger partial charge is 0.349 e. The van der Waals surface area contributed by atoms with Crippen LogP contribution >= 0.6 is 0 Å². The Hall–Kier alpha value is -4.14. The van der Waals surface area contributed by atoms with E-state index in [0.717, 1.165) is 50.2 Å². The van der Waals surface area contributed by atoms with Gasteiger partial charge in [0.05, 0.1) is 27.3 Å². The number of halogens is 1. The number of nitrogens with one attached hydrogen (secondary N) is 1. The highest BCUT2D eigenvalue weighted by molar-refractivity contribution is 7.92. The maximum absolute atomic E-state index is 13.2. The first kappa shape index (κ1) is 29.4. The molecule has 42 heavy (non-hydrogen) atoms.